The van der Waals surface area contributed by atoms with Crippen LogP contribution in [0.25, 0.3) is 0 Å². The molecule has 0 unspecified atom stereocenters. The Morgan fingerprint density at radius 3 is 2.56 bits per heavy atom. The molecule has 0 aliphatic rings. The second-order valence-electron chi connectivity index (χ2n) is 5.72. The van der Waals surface area contributed by atoms with Crippen LogP contribution in [-0.2, 0) is 10.0 Å². The molecule has 0 saturated heterocycles. The Kier molecular flexibility index (Phi) is 7.49. The third-order valence-electron chi connectivity index (χ3n) is 3.79. The molecule has 0 aliphatic heterocycles. The van der Waals surface area contributed by atoms with Crippen LogP contribution in [0, 0.1) is 6.92 Å². The van der Waals surface area contributed by atoms with Gasteiger partial charge in [0.15, 0.2) is 0 Å². The van der Waals surface area contributed by atoms with Crippen molar-refractivity contribution in [3.05, 3.63) is 57.6 Å². The number of ether oxygens (including phenoxy) is 1. The summed E-state index contributed by atoms with van der Waals surface area (Å²) >= 11 is 11.8. The first-order valence-corrected chi connectivity index (χ1v) is 10.4. The molecule has 2 rings (SSSR count). The summed E-state index contributed by atoms with van der Waals surface area (Å²) in [5.74, 6) is 0.179. The maximum absolute atomic E-state index is 12.4. The highest BCUT2D eigenvalue weighted by Crippen LogP contribution is 2.27. The van der Waals surface area contributed by atoms with Gasteiger partial charge >= 0.3 is 0 Å². The standard InChI is InChI=1S/C18H20Cl2N2O4S/c1-12-4-6-14(27(24,25)21-2)11-15(12)18(23)22-8-3-9-26-17-7-5-13(19)10-16(17)20/h4-7,10-11,21H,3,8-9H2,1-2H3,(H,22,23). The average Bonchev–Trinajstić information content (AvgIpc) is 2.63. The fraction of sp³-hybridized carbons (Fsp3) is 0.278. The Labute approximate surface area is 168 Å². The third-order valence-corrected chi connectivity index (χ3v) is 5.73. The summed E-state index contributed by atoms with van der Waals surface area (Å²) in [6.07, 6.45) is 0.554. The second-order valence-corrected chi connectivity index (χ2v) is 8.45. The van der Waals surface area contributed by atoms with Crippen molar-refractivity contribution in [1.82, 2.24) is 10.0 Å². The largest absolute Gasteiger partial charge is 0.492 e. The number of hydrogen-bond donors (Lipinski definition) is 2. The van der Waals surface area contributed by atoms with Gasteiger partial charge in [0.2, 0.25) is 10.0 Å². The summed E-state index contributed by atoms with van der Waals surface area (Å²) < 4.78 is 31.6. The van der Waals surface area contributed by atoms with Crippen molar-refractivity contribution in [3.63, 3.8) is 0 Å². The van der Waals surface area contributed by atoms with E-state index in [0.29, 0.717) is 46.5 Å². The minimum Gasteiger partial charge on any atom is -0.492 e. The molecule has 6 nitrogen and oxygen atoms in total. The lowest BCUT2D eigenvalue weighted by Crippen LogP contribution is -2.27. The summed E-state index contributed by atoms with van der Waals surface area (Å²) in [7, 11) is -2.29. The van der Waals surface area contributed by atoms with Crippen LogP contribution in [0.15, 0.2) is 41.3 Å². The molecular formula is C18H20Cl2N2O4S. The van der Waals surface area contributed by atoms with Gasteiger partial charge in [0.1, 0.15) is 5.75 Å². The first-order chi connectivity index (χ1) is 12.7. The Bertz CT molecular complexity index is 933. The van der Waals surface area contributed by atoms with E-state index in [-0.39, 0.29) is 10.8 Å². The Morgan fingerprint density at radius 1 is 1.15 bits per heavy atom. The van der Waals surface area contributed by atoms with Gasteiger partial charge in [0.05, 0.1) is 16.5 Å². The molecule has 0 saturated carbocycles. The summed E-state index contributed by atoms with van der Waals surface area (Å²) in [5.41, 5.74) is 1.000. The Hall–Kier alpha value is -1.80. The molecule has 0 aromatic heterocycles. The molecule has 2 aromatic carbocycles. The van der Waals surface area contributed by atoms with E-state index in [1.165, 1.54) is 19.2 Å². The molecule has 1 amide bonds. The summed E-state index contributed by atoms with van der Waals surface area (Å²) in [6, 6.07) is 9.38. The van der Waals surface area contributed by atoms with Crippen LogP contribution in [-0.4, -0.2) is 34.5 Å². The maximum atomic E-state index is 12.4. The molecule has 0 aliphatic carbocycles. The fourth-order valence-electron chi connectivity index (χ4n) is 2.27. The van der Waals surface area contributed by atoms with Crippen LogP contribution in [0.2, 0.25) is 10.0 Å². The van der Waals surface area contributed by atoms with E-state index in [1.807, 2.05) is 0 Å². The molecule has 2 aromatic rings. The van der Waals surface area contributed by atoms with Crippen molar-refractivity contribution >= 4 is 39.1 Å². The van der Waals surface area contributed by atoms with Crippen molar-refractivity contribution < 1.29 is 17.9 Å². The van der Waals surface area contributed by atoms with Gasteiger partial charge in [-0.15, -0.1) is 0 Å². The number of benzene rings is 2. The van der Waals surface area contributed by atoms with Crippen LogP contribution in [0.1, 0.15) is 22.3 Å². The molecule has 0 fully saturated rings. The monoisotopic (exact) mass is 430 g/mol. The van der Waals surface area contributed by atoms with E-state index < -0.39 is 10.0 Å². The SMILES string of the molecule is CNS(=O)(=O)c1ccc(C)c(C(=O)NCCCOc2ccc(Cl)cc2Cl)c1. The van der Waals surface area contributed by atoms with E-state index in [4.69, 9.17) is 27.9 Å². The van der Waals surface area contributed by atoms with Crippen LogP contribution in [0.4, 0.5) is 0 Å². The van der Waals surface area contributed by atoms with Crippen LogP contribution >= 0.6 is 23.2 Å². The van der Waals surface area contributed by atoms with E-state index in [9.17, 15) is 13.2 Å². The molecule has 0 radical (unpaired) electrons. The molecule has 0 atom stereocenters. The summed E-state index contributed by atoms with van der Waals surface area (Å²) in [5, 5.41) is 3.70. The molecular weight excluding hydrogens is 411 g/mol. The summed E-state index contributed by atoms with van der Waals surface area (Å²) in [4.78, 5) is 12.4. The quantitative estimate of drug-likeness (QED) is 0.628. The number of amides is 1. The van der Waals surface area contributed by atoms with Crippen molar-refractivity contribution in [2.75, 3.05) is 20.2 Å². The van der Waals surface area contributed by atoms with E-state index in [2.05, 4.69) is 10.0 Å². The zero-order chi connectivity index (χ0) is 20.0. The number of carbonyl (C=O) groups excluding carboxylic acids is 1. The minimum absolute atomic E-state index is 0.0430. The zero-order valence-electron chi connectivity index (χ0n) is 14.9. The van der Waals surface area contributed by atoms with Crippen LogP contribution in [0.3, 0.4) is 0 Å². The van der Waals surface area contributed by atoms with E-state index in [0.717, 1.165) is 0 Å². The van der Waals surface area contributed by atoms with E-state index >= 15 is 0 Å². The first-order valence-electron chi connectivity index (χ1n) is 8.15. The maximum Gasteiger partial charge on any atom is 0.251 e. The lowest BCUT2D eigenvalue weighted by Gasteiger charge is -2.11. The number of halogens is 2. The number of sulfonamides is 1. The zero-order valence-corrected chi connectivity index (χ0v) is 17.2. The van der Waals surface area contributed by atoms with Gasteiger partial charge < -0.3 is 10.1 Å². The van der Waals surface area contributed by atoms with Crippen LogP contribution in [0.5, 0.6) is 5.75 Å². The van der Waals surface area contributed by atoms with Gasteiger partial charge in [-0.2, -0.15) is 0 Å². The van der Waals surface area contributed by atoms with Crippen molar-refractivity contribution in [3.8, 4) is 5.75 Å². The normalized spacial score (nSPS) is 11.3. The highest BCUT2D eigenvalue weighted by atomic mass is 35.5. The number of rotatable bonds is 8. The lowest BCUT2D eigenvalue weighted by atomic mass is 10.1. The first kappa shape index (κ1) is 21.5. The third kappa shape index (κ3) is 5.84. The van der Waals surface area contributed by atoms with Crippen LogP contribution < -0.4 is 14.8 Å². The van der Waals surface area contributed by atoms with Crippen molar-refractivity contribution in [2.45, 2.75) is 18.2 Å². The summed E-state index contributed by atoms with van der Waals surface area (Å²) in [6.45, 7) is 2.47. The Balaban J connectivity index is 1.89. The van der Waals surface area contributed by atoms with E-state index in [1.54, 1.807) is 31.2 Å². The minimum atomic E-state index is -3.61. The topological polar surface area (TPSA) is 84.5 Å². The predicted octanol–water partition coefficient (Wildman–Crippen LogP) is 3.41. The lowest BCUT2D eigenvalue weighted by molar-refractivity contribution is 0.0950. The molecule has 9 heteroatoms. The smallest absolute Gasteiger partial charge is 0.251 e. The number of nitrogens with one attached hydrogen (secondary N) is 2. The molecule has 27 heavy (non-hydrogen) atoms. The number of hydrogen-bond acceptors (Lipinski definition) is 4. The fourth-order valence-corrected chi connectivity index (χ4v) is 3.49. The molecule has 0 heterocycles. The van der Waals surface area contributed by atoms with Gasteiger partial charge in [-0.1, -0.05) is 29.3 Å². The molecule has 2 N–H and O–H groups in total. The average molecular weight is 431 g/mol. The van der Waals surface area contributed by atoms with Crippen molar-refractivity contribution in [2.24, 2.45) is 0 Å². The number of carbonyl (C=O) groups is 1. The second kappa shape index (κ2) is 9.41. The highest BCUT2D eigenvalue weighted by Gasteiger charge is 2.16. The number of aryl methyl sites for hydroxylation is 1. The predicted molar refractivity (Wildman–Crippen MR) is 106 cm³/mol. The van der Waals surface area contributed by atoms with Gasteiger partial charge in [0, 0.05) is 17.1 Å². The van der Waals surface area contributed by atoms with Gasteiger partial charge in [-0.3, -0.25) is 4.79 Å². The molecule has 146 valence electrons. The molecule has 0 bridgehead atoms. The molecule has 0 spiro atoms. The van der Waals surface area contributed by atoms with Gasteiger partial charge in [0.25, 0.3) is 5.91 Å². The van der Waals surface area contributed by atoms with Crippen molar-refractivity contribution in [1.29, 1.82) is 0 Å². The van der Waals surface area contributed by atoms with Gasteiger partial charge in [-0.25, -0.2) is 13.1 Å². The highest BCUT2D eigenvalue weighted by molar-refractivity contribution is 7.89. The Morgan fingerprint density at radius 2 is 1.89 bits per heavy atom. The van der Waals surface area contributed by atoms with Gasteiger partial charge in [-0.05, 0) is 56.3 Å².